The van der Waals surface area contributed by atoms with Gasteiger partial charge in [-0.25, -0.2) is 13.2 Å². The zero-order valence-corrected chi connectivity index (χ0v) is 15.9. The first-order valence-electron chi connectivity index (χ1n) is 7.73. The van der Waals surface area contributed by atoms with Crippen LogP contribution in [0.25, 0.3) is 0 Å². The third kappa shape index (κ3) is 5.47. The lowest BCUT2D eigenvalue weighted by Gasteiger charge is -2.22. The number of nitrogens with zero attached hydrogens (tertiary/aromatic N) is 1. The molecule has 2 aromatic carbocycles. The topological polar surface area (TPSA) is 66.5 Å². The van der Waals surface area contributed by atoms with Crippen LogP contribution in [0.15, 0.2) is 53.4 Å². The molecule has 0 saturated heterocycles. The number of hydrogen-bond acceptors (Lipinski definition) is 3. The molecule has 0 heterocycles. The predicted molar refractivity (Wildman–Crippen MR) is 99.4 cm³/mol. The third-order valence-corrected chi connectivity index (χ3v) is 5.21. The maximum absolute atomic E-state index is 12.3. The molecule has 1 N–H and O–H groups in total. The lowest BCUT2D eigenvalue weighted by atomic mass is 10.1. The highest BCUT2D eigenvalue weighted by atomic mass is 35.5. The minimum Gasteiger partial charge on any atom is -0.331 e. The second kappa shape index (κ2) is 7.89. The zero-order chi connectivity index (χ0) is 18.6. The molecule has 7 heteroatoms. The highest BCUT2D eigenvalue weighted by molar-refractivity contribution is 7.90. The van der Waals surface area contributed by atoms with Gasteiger partial charge in [0.2, 0.25) is 0 Å². The average Bonchev–Trinajstić information content (AvgIpc) is 2.56. The fourth-order valence-corrected chi connectivity index (χ4v) is 3.07. The largest absolute Gasteiger partial charge is 0.331 e. The molecule has 2 rings (SSSR count). The SMILES string of the molecule is CC(NC(=O)N(C)Cc1ccc(Cl)cc1)c1ccc(S(C)(=O)=O)cc1. The van der Waals surface area contributed by atoms with Crippen molar-refractivity contribution in [3.8, 4) is 0 Å². The highest BCUT2D eigenvalue weighted by Gasteiger charge is 2.14. The van der Waals surface area contributed by atoms with Gasteiger partial charge >= 0.3 is 6.03 Å². The monoisotopic (exact) mass is 380 g/mol. The highest BCUT2D eigenvalue weighted by Crippen LogP contribution is 2.17. The molecule has 0 bridgehead atoms. The second-order valence-corrected chi connectivity index (χ2v) is 8.45. The van der Waals surface area contributed by atoms with Crippen LogP contribution in [0.5, 0.6) is 0 Å². The van der Waals surface area contributed by atoms with E-state index in [0.717, 1.165) is 11.1 Å². The molecule has 25 heavy (non-hydrogen) atoms. The van der Waals surface area contributed by atoms with Gasteiger partial charge in [0.05, 0.1) is 10.9 Å². The smallest absolute Gasteiger partial charge is 0.317 e. The number of rotatable bonds is 5. The van der Waals surface area contributed by atoms with E-state index >= 15 is 0 Å². The van der Waals surface area contributed by atoms with E-state index in [4.69, 9.17) is 11.6 Å². The summed E-state index contributed by atoms with van der Waals surface area (Å²) in [4.78, 5) is 14.2. The Hall–Kier alpha value is -2.05. The summed E-state index contributed by atoms with van der Waals surface area (Å²) in [7, 11) is -1.51. The van der Waals surface area contributed by atoms with Gasteiger partial charge < -0.3 is 10.2 Å². The van der Waals surface area contributed by atoms with E-state index < -0.39 is 9.84 Å². The third-order valence-electron chi connectivity index (χ3n) is 3.83. The van der Waals surface area contributed by atoms with Crippen LogP contribution in [0.4, 0.5) is 4.79 Å². The van der Waals surface area contributed by atoms with Crippen LogP contribution in [0.1, 0.15) is 24.1 Å². The molecule has 0 aliphatic carbocycles. The lowest BCUT2D eigenvalue weighted by molar-refractivity contribution is 0.203. The van der Waals surface area contributed by atoms with Crippen LogP contribution in [-0.4, -0.2) is 32.7 Å². The summed E-state index contributed by atoms with van der Waals surface area (Å²) in [5, 5.41) is 3.55. The number of urea groups is 1. The quantitative estimate of drug-likeness (QED) is 0.860. The van der Waals surface area contributed by atoms with Gasteiger partial charge in [-0.15, -0.1) is 0 Å². The Bertz CT molecular complexity index is 834. The van der Waals surface area contributed by atoms with E-state index in [0.29, 0.717) is 11.6 Å². The molecule has 134 valence electrons. The summed E-state index contributed by atoms with van der Waals surface area (Å²) in [5.74, 6) is 0. The van der Waals surface area contributed by atoms with Gasteiger partial charge in [-0.3, -0.25) is 0 Å². The zero-order valence-electron chi connectivity index (χ0n) is 14.4. The Kier molecular flexibility index (Phi) is 6.08. The molecule has 0 aliphatic heterocycles. The Morgan fingerprint density at radius 1 is 1.12 bits per heavy atom. The molecular weight excluding hydrogens is 360 g/mol. The number of benzene rings is 2. The first-order chi connectivity index (χ1) is 11.7. The van der Waals surface area contributed by atoms with Gasteiger partial charge in [0.1, 0.15) is 0 Å². The Labute approximate surface area is 153 Å². The van der Waals surface area contributed by atoms with Gasteiger partial charge in [-0.2, -0.15) is 0 Å². The first kappa shape index (κ1) is 19.3. The number of carbonyl (C=O) groups is 1. The summed E-state index contributed by atoms with van der Waals surface area (Å²) < 4.78 is 23.0. The summed E-state index contributed by atoms with van der Waals surface area (Å²) in [6, 6.07) is 13.4. The fourth-order valence-electron chi connectivity index (χ4n) is 2.32. The summed E-state index contributed by atoms with van der Waals surface area (Å²) in [6.07, 6.45) is 1.17. The van der Waals surface area contributed by atoms with Crippen molar-refractivity contribution in [1.82, 2.24) is 10.2 Å². The van der Waals surface area contributed by atoms with Crippen LogP contribution in [-0.2, 0) is 16.4 Å². The van der Waals surface area contributed by atoms with Crippen molar-refractivity contribution in [1.29, 1.82) is 0 Å². The number of hydrogen-bond donors (Lipinski definition) is 1. The summed E-state index contributed by atoms with van der Waals surface area (Å²) >= 11 is 5.86. The molecule has 0 aliphatic rings. The van der Waals surface area contributed by atoms with E-state index in [1.807, 2.05) is 19.1 Å². The Morgan fingerprint density at radius 2 is 1.68 bits per heavy atom. The normalized spacial score (nSPS) is 12.5. The van der Waals surface area contributed by atoms with E-state index in [2.05, 4.69) is 5.32 Å². The summed E-state index contributed by atoms with van der Waals surface area (Å²) in [6.45, 7) is 2.31. The minimum absolute atomic E-state index is 0.213. The van der Waals surface area contributed by atoms with Crippen LogP contribution < -0.4 is 5.32 Å². The van der Waals surface area contributed by atoms with E-state index in [-0.39, 0.29) is 17.0 Å². The predicted octanol–water partition coefficient (Wildman–Crippen LogP) is 3.65. The number of amides is 2. The fraction of sp³-hybridized carbons (Fsp3) is 0.278. The van der Waals surface area contributed by atoms with Gasteiger partial charge in [0.25, 0.3) is 0 Å². The van der Waals surface area contributed by atoms with Gasteiger partial charge in [-0.05, 0) is 42.3 Å². The van der Waals surface area contributed by atoms with Gasteiger partial charge in [-0.1, -0.05) is 35.9 Å². The molecule has 0 saturated carbocycles. The molecule has 0 radical (unpaired) electrons. The minimum atomic E-state index is -3.22. The van der Waals surface area contributed by atoms with Crippen molar-refractivity contribution in [3.63, 3.8) is 0 Å². The number of halogens is 1. The number of carbonyl (C=O) groups excluding carboxylic acids is 1. The molecule has 1 atom stereocenters. The van der Waals surface area contributed by atoms with Crippen molar-refractivity contribution in [2.75, 3.05) is 13.3 Å². The van der Waals surface area contributed by atoms with Crippen LogP contribution in [0, 0.1) is 0 Å². The van der Waals surface area contributed by atoms with Gasteiger partial charge in [0, 0.05) is 24.9 Å². The second-order valence-electron chi connectivity index (χ2n) is 5.99. The molecular formula is C18H21ClN2O3S. The van der Waals surface area contributed by atoms with Crippen LogP contribution >= 0.6 is 11.6 Å². The van der Waals surface area contributed by atoms with Gasteiger partial charge in [0.15, 0.2) is 9.84 Å². The molecule has 0 aromatic heterocycles. The van der Waals surface area contributed by atoms with Crippen molar-refractivity contribution < 1.29 is 13.2 Å². The molecule has 2 amide bonds. The Morgan fingerprint density at radius 3 is 2.20 bits per heavy atom. The average molecular weight is 381 g/mol. The van der Waals surface area contributed by atoms with Crippen LogP contribution in [0.2, 0.25) is 5.02 Å². The molecule has 2 aromatic rings. The molecule has 5 nitrogen and oxygen atoms in total. The molecule has 0 fully saturated rings. The van der Waals surface area contributed by atoms with Crippen molar-refractivity contribution in [2.45, 2.75) is 24.4 Å². The Balaban J connectivity index is 1.97. The van der Waals surface area contributed by atoms with Crippen molar-refractivity contribution in [2.24, 2.45) is 0 Å². The maximum Gasteiger partial charge on any atom is 0.317 e. The molecule has 1 unspecified atom stereocenters. The van der Waals surface area contributed by atoms with E-state index in [9.17, 15) is 13.2 Å². The maximum atomic E-state index is 12.3. The number of sulfone groups is 1. The van der Waals surface area contributed by atoms with Crippen LogP contribution in [0.3, 0.4) is 0 Å². The summed E-state index contributed by atoms with van der Waals surface area (Å²) in [5.41, 5.74) is 1.81. The van der Waals surface area contributed by atoms with Crippen molar-refractivity contribution >= 4 is 27.5 Å². The first-order valence-corrected chi connectivity index (χ1v) is 10.00. The number of nitrogens with one attached hydrogen (secondary N) is 1. The lowest BCUT2D eigenvalue weighted by Crippen LogP contribution is -2.38. The molecule has 0 spiro atoms. The van der Waals surface area contributed by atoms with E-state index in [1.54, 1.807) is 48.3 Å². The van der Waals surface area contributed by atoms with E-state index in [1.165, 1.54) is 6.26 Å². The van der Waals surface area contributed by atoms with Crippen molar-refractivity contribution in [3.05, 3.63) is 64.7 Å². The standard InChI is InChI=1S/C18H21ClN2O3S/c1-13(15-6-10-17(11-7-15)25(3,23)24)20-18(22)21(2)12-14-4-8-16(19)9-5-14/h4-11,13H,12H2,1-3H3,(H,20,22).